The summed E-state index contributed by atoms with van der Waals surface area (Å²) < 4.78 is 5.37. The molecular formula is C21H25NO3. The highest BCUT2D eigenvalue weighted by atomic mass is 16.5. The molecule has 0 aromatic heterocycles. The van der Waals surface area contributed by atoms with Crippen LogP contribution in [0.25, 0.3) is 11.1 Å². The fourth-order valence-corrected chi connectivity index (χ4v) is 3.17. The molecule has 1 saturated heterocycles. The topological polar surface area (TPSA) is 58.6 Å². The summed E-state index contributed by atoms with van der Waals surface area (Å²) in [5.41, 5.74) is 3.63. The predicted molar refractivity (Wildman–Crippen MR) is 98.3 cm³/mol. The molecule has 3 rings (SSSR count). The Morgan fingerprint density at radius 1 is 1.16 bits per heavy atom. The van der Waals surface area contributed by atoms with E-state index in [1.807, 2.05) is 48.5 Å². The Kier molecular flexibility index (Phi) is 6.20. The van der Waals surface area contributed by atoms with Gasteiger partial charge in [-0.25, -0.2) is 0 Å². The third kappa shape index (κ3) is 4.91. The van der Waals surface area contributed by atoms with Gasteiger partial charge in [-0.2, -0.15) is 0 Å². The number of nitrogens with one attached hydrogen (secondary N) is 1. The van der Waals surface area contributed by atoms with Crippen molar-refractivity contribution in [2.24, 2.45) is 5.92 Å². The van der Waals surface area contributed by atoms with Crippen molar-refractivity contribution in [3.63, 3.8) is 0 Å². The Hall–Kier alpha value is -2.17. The van der Waals surface area contributed by atoms with Crippen molar-refractivity contribution in [2.45, 2.75) is 25.9 Å². The lowest BCUT2D eigenvalue weighted by Crippen LogP contribution is -2.24. The van der Waals surface area contributed by atoms with E-state index in [1.54, 1.807) is 0 Å². The van der Waals surface area contributed by atoms with Gasteiger partial charge in [0.05, 0.1) is 6.61 Å². The lowest BCUT2D eigenvalue weighted by molar-refractivity contribution is 0.0952. The van der Waals surface area contributed by atoms with Crippen LogP contribution in [-0.4, -0.2) is 30.8 Å². The van der Waals surface area contributed by atoms with Crippen LogP contribution in [0, 0.1) is 5.92 Å². The molecule has 1 aliphatic heterocycles. The maximum absolute atomic E-state index is 12.2. The van der Waals surface area contributed by atoms with Crippen LogP contribution in [0.4, 0.5) is 0 Å². The standard InChI is InChI=1S/C21H25NO3/c23-14-17-3-1-5-20(13-17)18-6-8-19(9-7-18)21(24)22-11-2-4-16-10-12-25-15-16/h1,3,5-9,13,16,23H,2,4,10-12,14-15H2,(H,22,24)/t16-/m1/s1. The molecular weight excluding hydrogens is 314 g/mol. The predicted octanol–water partition coefficient (Wildman–Crippen LogP) is 3.39. The molecule has 0 bridgehead atoms. The smallest absolute Gasteiger partial charge is 0.251 e. The number of benzene rings is 2. The van der Waals surface area contributed by atoms with Gasteiger partial charge in [-0.05, 0) is 60.1 Å². The van der Waals surface area contributed by atoms with Gasteiger partial charge in [0.2, 0.25) is 0 Å². The van der Waals surface area contributed by atoms with Crippen LogP contribution in [0.5, 0.6) is 0 Å². The first-order valence-electron chi connectivity index (χ1n) is 8.92. The molecule has 25 heavy (non-hydrogen) atoms. The first-order valence-corrected chi connectivity index (χ1v) is 8.92. The van der Waals surface area contributed by atoms with Gasteiger partial charge in [-0.15, -0.1) is 0 Å². The summed E-state index contributed by atoms with van der Waals surface area (Å²) in [6, 6.07) is 15.4. The molecule has 1 atom stereocenters. The molecule has 0 radical (unpaired) electrons. The maximum atomic E-state index is 12.2. The average Bonchev–Trinajstić information content (AvgIpc) is 3.19. The van der Waals surface area contributed by atoms with E-state index in [2.05, 4.69) is 5.32 Å². The largest absolute Gasteiger partial charge is 0.392 e. The minimum absolute atomic E-state index is 0.0291. The Morgan fingerprint density at radius 3 is 2.72 bits per heavy atom. The zero-order chi connectivity index (χ0) is 17.5. The van der Waals surface area contributed by atoms with Gasteiger partial charge in [0.1, 0.15) is 0 Å². The number of aliphatic hydroxyl groups is 1. The molecule has 0 saturated carbocycles. The summed E-state index contributed by atoms with van der Waals surface area (Å²) in [4.78, 5) is 12.2. The quantitative estimate of drug-likeness (QED) is 0.760. The van der Waals surface area contributed by atoms with Crippen LogP contribution < -0.4 is 5.32 Å². The molecule has 1 amide bonds. The second-order valence-corrected chi connectivity index (χ2v) is 6.56. The second kappa shape index (κ2) is 8.79. The first kappa shape index (κ1) is 17.6. The fourth-order valence-electron chi connectivity index (χ4n) is 3.17. The number of hydrogen-bond acceptors (Lipinski definition) is 3. The minimum atomic E-state index is -0.0293. The van der Waals surface area contributed by atoms with Crippen molar-refractivity contribution in [3.8, 4) is 11.1 Å². The van der Waals surface area contributed by atoms with Crippen LogP contribution >= 0.6 is 0 Å². The van der Waals surface area contributed by atoms with Gasteiger partial charge in [-0.1, -0.05) is 30.3 Å². The average molecular weight is 339 g/mol. The van der Waals surface area contributed by atoms with Crippen LogP contribution in [0.15, 0.2) is 48.5 Å². The van der Waals surface area contributed by atoms with E-state index in [0.717, 1.165) is 49.2 Å². The number of carbonyl (C=O) groups is 1. The molecule has 0 aliphatic carbocycles. The molecule has 0 unspecified atom stereocenters. The molecule has 2 N–H and O–H groups in total. The third-order valence-electron chi connectivity index (χ3n) is 4.69. The minimum Gasteiger partial charge on any atom is -0.392 e. The van der Waals surface area contributed by atoms with Gasteiger partial charge in [0.25, 0.3) is 5.91 Å². The second-order valence-electron chi connectivity index (χ2n) is 6.56. The fraction of sp³-hybridized carbons (Fsp3) is 0.381. The Bertz CT molecular complexity index is 691. The molecule has 4 nitrogen and oxygen atoms in total. The highest BCUT2D eigenvalue weighted by Gasteiger charge is 2.15. The number of hydrogen-bond donors (Lipinski definition) is 2. The summed E-state index contributed by atoms with van der Waals surface area (Å²) in [7, 11) is 0. The molecule has 1 fully saturated rings. The van der Waals surface area contributed by atoms with Crippen LogP contribution in [-0.2, 0) is 11.3 Å². The number of aliphatic hydroxyl groups excluding tert-OH is 1. The summed E-state index contributed by atoms with van der Waals surface area (Å²) in [5, 5.41) is 12.2. The maximum Gasteiger partial charge on any atom is 0.251 e. The van der Waals surface area contributed by atoms with Crippen LogP contribution in [0.1, 0.15) is 35.2 Å². The number of carbonyl (C=O) groups excluding carboxylic acids is 1. The summed E-state index contributed by atoms with van der Waals surface area (Å²) in [6.45, 7) is 2.48. The van der Waals surface area contributed by atoms with Crippen LogP contribution in [0.2, 0.25) is 0 Å². The van der Waals surface area contributed by atoms with E-state index >= 15 is 0 Å². The summed E-state index contributed by atoms with van der Waals surface area (Å²) in [5.74, 6) is 0.629. The molecule has 1 aliphatic rings. The number of ether oxygens (including phenoxy) is 1. The van der Waals surface area contributed by atoms with Gasteiger partial charge in [0, 0.05) is 25.3 Å². The van der Waals surface area contributed by atoms with E-state index in [1.165, 1.54) is 0 Å². The molecule has 1 heterocycles. The Morgan fingerprint density at radius 2 is 2.00 bits per heavy atom. The van der Waals surface area contributed by atoms with Crippen molar-refractivity contribution < 1.29 is 14.6 Å². The van der Waals surface area contributed by atoms with Crippen molar-refractivity contribution >= 4 is 5.91 Å². The molecule has 2 aromatic rings. The summed E-state index contributed by atoms with van der Waals surface area (Å²) in [6.07, 6.45) is 3.25. The van der Waals surface area contributed by atoms with Gasteiger partial charge in [0.15, 0.2) is 0 Å². The highest BCUT2D eigenvalue weighted by molar-refractivity contribution is 5.94. The monoisotopic (exact) mass is 339 g/mol. The molecule has 4 heteroatoms. The van der Waals surface area contributed by atoms with Crippen molar-refractivity contribution in [3.05, 3.63) is 59.7 Å². The zero-order valence-electron chi connectivity index (χ0n) is 14.4. The van der Waals surface area contributed by atoms with Crippen molar-refractivity contribution in [2.75, 3.05) is 19.8 Å². The van der Waals surface area contributed by atoms with E-state index in [0.29, 0.717) is 18.0 Å². The number of rotatable bonds is 7. The van der Waals surface area contributed by atoms with Crippen molar-refractivity contribution in [1.29, 1.82) is 0 Å². The molecule has 2 aromatic carbocycles. The molecule has 0 spiro atoms. The van der Waals surface area contributed by atoms with Gasteiger partial charge >= 0.3 is 0 Å². The molecule has 132 valence electrons. The zero-order valence-corrected chi connectivity index (χ0v) is 14.4. The van der Waals surface area contributed by atoms with E-state index in [9.17, 15) is 9.90 Å². The lowest BCUT2D eigenvalue weighted by atomic mass is 10.0. The summed E-state index contributed by atoms with van der Waals surface area (Å²) >= 11 is 0. The third-order valence-corrected chi connectivity index (χ3v) is 4.69. The van der Waals surface area contributed by atoms with E-state index < -0.39 is 0 Å². The highest BCUT2D eigenvalue weighted by Crippen LogP contribution is 2.21. The SMILES string of the molecule is O=C(NCCC[C@@H]1CCOC1)c1ccc(-c2cccc(CO)c2)cc1. The van der Waals surface area contributed by atoms with E-state index in [4.69, 9.17) is 4.74 Å². The van der Waals surface area contributed by atoms with Gasteiger partial charge in [-0.3, -0.25) is 4.79 Å². The van der Waals surface area contributed by atoms with Crippen LogP contribution in [0.3, 0.4) is 0 Å². The first-order chi connectivity index (χ1) is 12.3. The number of amides is 1. The lowest BCUT2D eigenvalue weighted by Gasteiger charge is -2.09. The Labute approximate surface area is 148 Å². The Balaban J connectivity index is 1.51. The van der Waals surface area contributed by atoms with E-state index in [-0.39, 0.29) is 12.5 Å². The normalized spacial score (nSPS) is 16.8. The van der Waals surface area contributed by atoms with Gasteiger partial charge < -0.3 is 15.2 Å². The van der Waals surface area contributed by atoms with Crippen molar-refractivity contribution in [1.82, 2.24) is 5.32 Å².